The van der Waals surface area contributed by atoms with Gasteiger partial charge >= 0.3 is 0 Å². The molecule has 4 nitrogen and oxygen atoms in total. The van der Waals surface area contributed by atoms with E-state index in [0.29, 0.717) is 30.5 Å². The minimum Gasteiger partial charge on any atom is -0.494 e. The van der Waals surface area contributed by atoms with Crippen LogP contribution in [-0.2, 0) is 11.3 Å². The Bertz CT molecular complexity index is 592. The van der Waals surface area contributed by atoms with E-state index in [1.807, 2.05) is 29.7 Å². The zero-order valence-electron chi connectivity index (χ0n) is 11.0. The fraction of sp³-hybridized carbons (Fsp3) is 0.357. The molecular formula is C14H16ClNO3. The Morgan fingerprint density at radius 1 is 1.42 bits per heavy atom. The van der Waals surface area contributed by atoms with Crippen molar-refractivity contribution >= 4 is 28.8 Å². The lowest BCUT2D eigenvalue weighted by Gasteiger charge is -2.07. The molecule has 1 aromatic carbocycles. The Hall–Kier alpha value is -1.52. The van der Waals surface area contributed by atoms with Crippen LogP contribution in [0.2, 0.25) is 5.15 Å². The molecule has 0 aliphatic carbocycles. The number of hydrogen-bond donors (Lipinski definition) is 0. The normalized spacial score (nSPS) is 10.9. The molecule has 0 radical (unpaired) electrons. The average Bonchev–Trinajstić information content (AvgIpc) is 2.68. The van der Waals surface area contributed by atoms with Gasteiger partial charge in [0.1, 0.15) is 10.9 Å². The molecule has 2 aromatic rings. The monoisotopic (exact) mass is 281 g/mol. The first-order valence-electron chi connectivity index (χ1n) is 6.11. The van der Waals surface area contributed by atoms with E-state index in [4.69, 9.17) is 21.1 Å². The summed E-state index contributed by atoms with van der Waals surface area (Å²) >= 11 is 6.25. The van der Waals surface area contributed by atoms with E-state index >= 15 is 0 Å². The van der Waals surface area contributed by atoms with Crippen molar-refractivity contribution in [1.29, 1.82) is 0 Å². The van der Waals surface area contributed by atoms with E-state index < -0.39 is 0 Å². The summed E-state index contributed by atoms with van der Waals surface area (Å²) in [5.41, 5.74) is 1.40. The molecule has 0 aliphatic heterocycles. The quantitative estimate of drug-likeness (QED) is 0.764. The SMILES string of the molecule is CCOc1ccc2c(c1)c(C=O)c(Cl)n2CCOC. The van der Waals surface area contributed by atoms with Crippen molar-refractivity contribution in [1.82, 2.24) is 4.57 Å². The predicted molar refractivity (Wildman–Crippen MR) is 75.4 cm³/mol. The number of methoxy groups -OCH3 is 1. The van der Waals surface area contributed by atoms with Crippen LogP contribution in [0.5, 0.6) is 5.75 Å². The molecule has 2 rings (SSSR count). The molecule has 19 heavy (non-hydrogen) atoms. The highest BCUT2D eigenvalue weighted by Crippen LogP contribution is 2.31. The topological polar surface area (TPSA) is 40.5 Å². The molecule has 0 atom stereocenters. The molecule has 0 aliphatic rings. The Morgan fingerprint density at radius 2 is 2.21 bits per heavy atom. The molecule has 0 unspecified atom stereocenters. The van der Waals surface area contributed by atoms with Crippen LogP contribution in [0.25, 0.3) is 10.9 Å². The lowest BCUT2D eigenvalue weighted by molar-refractivity contribution is 0.112. The van der Waals surface area contributed by atoms with E-state index in [0.717, 1.165) is 22.9 Å². The summed E-state index contributed by atoms with van der Waals surface area (Å²) in [4.78, 5) is 11.2. The molecule has 1 heterocycles. The van der Waals surface area contributed by atoms with Gasteiger partial charge in [-0.25, -0.2) is 0 Å². The highest BCUT2D eigenvalue weighted by atomic mass is 35.5. The molecule has 0 N–H and O–H groups in total. The number of halogens is 1. The Balaban J connectivity index is 2.57. The number of benzene rings is 1. The molecule has 1 aromatic heterocycles. The largest absolute Gasteiger partial charge is 0.494 e. The number of hydrogen-bond acceptors (Lipinski definition) is 3. The summed E-state index contributed by atoms with van der Waals surface area (Å²) < 4.78 is 12.4. The van der Waals surface area contributed by atoms with E-state index in [2.05, 4.69) is 0 Å². The van der Waals surface area contributed by atoms with Gasteiger partial charge < -0.3 is 14.0 Å². The minimum absolute atomic E-state index is 0.440. The van der Waals surface area contributed by atoms with Gasteiger partial charge in [-0.05, 0) is 25.1 Å². The molecule has 0 bridgehead atoms. The van der Waals surface area contributed by atoms with E-state index in [-0.39, 0.29) is 0 Å². The lowest BCUT2D eigenvalue weighted by atomic mass is 10.2. The highest BCUT2D eigenvalue weighted by molar-refractivity contribution is 6.34. The number of ether oxygens (including phenoxy) is 2. The number of aromatic nitrogens is 1. The predicted octanol–water partition coefficient (Wildman–Crippen LogP) is 3.15. The molecule has 5 heteroatoms. The third-order valence-electron chi connectivity index (χ3n) is 2.96. The third kappa shape index (κ3) is 2.60. The first-order chi connectivity index (χ1) is 9.22. The zero-order valence-corrected chi connectivity index (χ0v) is 11.7. The number of carbonyl (C=O) groups is 1. The Morgan fingerprint density at radius 3 is 2.84 bits per heavy atom. The summed E-state index contributed by atoms with van der Waals surface area (Å²) in [7, 11) is 1.63. The van der Waals surface area contributed by atoms with Crippen LogP contribution >= 0.6 is 11.6 Å². The zero-order chi connectivity index (χ0) is 13.8. The Kier molecular flexibility index (Phi) is 4.45. The van der Waals surface area contributed by atoms with Gasteiger partial charge in [0.15, 0.2) is 6.29 Å². The molecule has 102 valence electrons. The number of nitrogens with zero attached hydrogens (tertiary/aromatic N) is 1. The molecule has 0 saturated carbocycles. The number of carbonyl (C=O) groups excluding carboxylic acids is 1. The van der Waals surface area contributed by atoms with Gasteiger partial charge in [0.05, 0.1) is 24.3 Å². The van der Waals surface area contributed by atoms with Crippen LogP contribution in [0, 0.1) is 0 Å². The van der Waals surface area contributed by atoms with Gasteiger partial charge in [0.2, 0.25) is 0 Å². The van der Waals surface area contributed by atoms with Crippen LogP contribution in [0.3, 0.4) is 0 Å². The number of rotatable bonds is 6. The van der Waals surface area contributed by atoms with Gasteiger partial charge in [-0.15, -0.1) is 0 Å². The Labute approximate surface area is 116 Å². The van der Waals surface area contributed by atoms with Crippen molar-refractivity contribution in [3.63, 3.8) is 0 Å². The van der Waals surface area contributed by atoms with E-state index in [1.165, 1.54) is 0 Å². The van der Waals surface area contributed by atoms with Crippen molar-refractivity contribution in [2.75, 3.05) is 20.3 Å². The summed E-state index contributed by atoms with van der Waals surface area (Å²) in [5.74, 6) is 0.735. The molecule has 0 spiro atoms. The fourth-order valence-corrected chi connectivity index (χ4v) is 2.42. The molecule has 0 fully saturated rings. The van der Waals surface area contributed by atoms with Gasteiger partial charge in [0, 0.05) is 19.0 Å². The molecule has 0 amide bonds. The number of aldehydes is 1. The van der Waals surface area contributed by atoms with Crippen LogP contribution in [-0.4, -0.2) is 31.2 Å². The van der Waals surface area contributed by atoms with Crippen molar-refractivity contribution < 1.29 is 14.3 Å². The second kappa shape index (κ2) is 6.08. The first kappa shape index (κ1) is 13.9. The van der Waals surface area contributed by atoms with Crippen LogP contribution in [0.4, 0.5) is 0 Å². The summed E-state index contributed by atoms with van der Waals surface area (Å²) in [6.07, 6.45) is 0.781. The van der Waals surface area contributed by atoms with Crippen molar-refractivity contribution in [3.8, 4) is 5.75 Å². The maximum atomic E-state index is 11.2. The summed E-state index contributed by atoms with van der Waals surface area (Å²) in [6.45, 7) is 3.64. The summed E-state index contributed by atoms with van der Waals surface area (Å²) in [5, 5.41) is 1.25. The molecular weight excluding hydrogens is 266 g/mol. The molecule has 0 saturated heterocycles. The maximum Gasteiger partial charge on any atom is 0.153 e. The van der Waals surface area contributed by atoms with Crippen LogP contribution < -0.4 is 4.74 Å². The van der Waals surface area contributed by atoms with Crippen molar-refractivity contribution in [2.45, 2.75) is 13.5 Å². The second-order valence-corrected chi connectivity index (χ2v) is 4.44. The van der Waals surface area contributed by atoms with Crippen LogP contribution in [0.1, 0.15) is 17.3 Å². The lowest BCUT2D eigenvalue weighted by Crippen LogP contribution is -2.04. The van der Waals surface area contributed by atoms with E-state index in [1.54, 1.807) is 7.11 Å². The fourth-order valence-electron chi connectivity index (χ4n) is 2.10. The maximum absolute atomic E-state index is 11.2. The standard InChI is InChI=1S/C14H16ClNO3/c1-3-19-10-4-5-13-11(8-10)12(9-17)14(15)16(13)6-7-18-2/h4-5,8-9H,3,6-7H2,1-2H3. The van der Waals surface area contributed by atoms with Crippen LogP contribution in [0.15, 0.2) is 18.2 Å². The van der Waals surface area contributed by atoms with Crippen molar-refractivity contribution in [2.24, 2.45) is 0 Å². The van der Waals surface area contributed by atoms with E-state index in [9.17, 15) is 4.79 Å². The van der Waals surface area contributed by atoms with Gasteiger partial charge in [-0.1, -0.05) is 11.6 Å². The van der Waals surface area contributed by atoms with Gasteiger partial charge in [-0.3, -0.25) is 4.79 Å². The number of fused-ring (bicyclic) bond motifs is 1. The van der Waals surface area contributed by atoms with Gasteiger partial charge in [-0.2, -0.15) is 0 Å². The highest BCUT2D eigenvalue weighted by Gasteiger charge is 2.15. The minimum atomic E-state index is 0.440. The van der Waals surface area contributed by atoms with Gasteiger partial charge in [0.25, 0.3) is 0 Å². The van der Waals surface area contributed by atoms with Crippen molar-refractivity contribution in [3.05, 3.63) is 28.9 Å². The second-order valence-electron chi connectivity index (χ2n) is 4.08. The smallest absolute Gasteiger partial charge is 0.153 e. The average molecular weight is 282 g/mol. The summed E-state index contributed by atoms with van der Waals surface area (Å²) in [6, 6.07) is 5.63. The first-order valence-corrected chi connectivity index (χ1v) is 6.49. The third-order valence-corrected chi connectivity index (χ3v) is 3.36.